The van der Waals surface area contributed by atoms with E-state index in [2.05, 4.69) is 15.8 Å². The van der Waals surface area contributed by atoms with Crippen LogP contribution in [0.25, 0.3) is 6.08 Å². The molecule has 0 fully saturated rings. The molecule has 2 aromatic carbocycles. The van der Waals surface area contributed by atoms with E-state index in [4.69, 9.17) is 16.3 Å². The van der Waals surface area contributed by atoms with Gasteiger partial charge in [0, 0.05) is 10.4 Å². The molecule has 2 heterocycles. The third-order valence-corrected chi connectivity index (χ3v) is 6.78. The lowest BCUT2D eigenvalue weighted by Crippen LogP contribution is -2.43. The van der Waals surface area contributed by atoms with Gasteiger partial charge in [-0.15, -0.1) is 11.3 Å². The van der Waals surface area contributed by atoms with Crippen molar-refractivity contribution in [2.24, 2.45) is 4.99 Å². The predicted octanol–water partition coefficient (Wildman–Crippen LogP) is 4.35. The molecule has 1 aliphatic rings. The summed E-state index contributed by atoms with van der Waals surface area (Å²) in [7, 11) is 1.50. The molecule has 3 amide bonds. The van der Waals surface area contributed by atoms with Crippen LogP contribution in [-0.2, 0) is 9.59 Å². The summed E-state index contributed by atoms with van der Waals surface area (Å²) < 4.78 is 5.20. The molecule has 2 N–H and O–H groups in total. The Balaban J connectivity index is 1.49. The minimum Gasteiger partial charge on any atom is -0.495 e. The lowest BCUT2D eigenvalue weighted by molar-refractivity contribution is -0.119. The Labute approximate surface area is 214 Å². The Morgan fingerprint density at radius 3 is 2.63 bits per heavy atom. The molecular weight excluding hydrogens is 508 g/mol. The lowest BCUT2D eigenvalue weighted by Gasteiger charge is -2.18. The molecule has 0 radical (unpaired) electrons. The van der Waals surface area contributed by atoms with Crippen molar-refractivity contribution in [1.29, 1.82) is 0 Å². The Hall–Kier alpha value is -3.60. The number of anilines is 1. The second-order valence-electron chi connectivity index (χ2n) is 7.06. The van der Waals surface area contributed by atoms with Crippen LogP contribution in [0, 0.1) is 0 Å². The van der Waals surface area contributed by atoms with Gasteiger partial charge in [-0.25, -0.2) is 4.99 Å². The second kappa shape index (κ2) is 11.2. The smallest absolute Gasteiger partial charge is 0.283 e. The van der Waals surface area contributed by atoms with Gasteiger partial charge in [-0.2, -0.15) is 0 Å². The van der Waals surface area contributed by atoms with Crippen LogP contribution in [0.1, 0.15) is 15.2 Å². The summed E-state index contributed by atoms with van der Waals surface area (Å²) >= 11 is 8.81. The van der Waals surface area contributed by atoms with E-state index >= 15 is 0 Å². The van der Waals surface area contributed by atoms with Crippen molar-refractivity contribution in [3.8, 4) is 5.75 Å². The molecule has 1 aliphatic heterocycles. The molecule has 0 saturated carbocycles. The number of hydrogen-bond acceptors (Lipinski definition) is 7. The second-order valence-corrected chi connectivity index (χ2v) is 9.38. The zero-order chi connectivity index (χ0) is 24.8. The number of aliphatic imine (C=N–C) groups is 1. The molecule has 11 heteroatoms. The van der Waals surface area contributed by atoms with Crippen LogP contribution in [0.5, 0.6) is 5.75 Å². The van der Waals surface area contributed by atoms with E-state index < -0.39 is 11.8 Å². The number of carbonyl (C=O) groups is 3. The van der Waals surface area contributed by atoms with Crippen molar-refractivity contribution in [3.63, 3.8) is 0 Å². The molecule has 35 heavy (non-hydrogen) atoms. The SMILES string of the molecule is COc1ccc(N2C(=O)C(=Cc3cccs3)N=C2SCC(=O)NNC(=O)c2ccccc2)cc1Cl. The highest BCUT2D eigenvalue weighted by atomic mass is 35.5. The number of rotatable bonds is 6. The number of hydrazine groups is 1. The van der Waals surface area contributed by atoms with E-state index in [9.17, 15) is 14.4 Å². The van der Waals surface area contributed by atoms with E-state index in [1.165, 1.54) is 23.3 Å². The lowest BCUT2D eigenvalue weighted by atomic mass is 10.2. The Bertz CT molecular complexity index is 1310. The fourth-order valence-electron chi connectivity index (χ4n) is 3.08. The first-order chi connectivity index (χ1) is 17.0. The van der Waals surface area contributed by atoms with Crippen molar-refractivity contribution >= 4 is 69.4 Å². The summed E-state index contributed by atoms with van der Waals surface area (Å²) in [6, 6.07) is 17.2. The molecule has 0 spiro atoms. The van der Waals surface area contributed by atoms with Gasteiger partial charge in [0.05, 0.1) is 23.6 Å². The molecule has 0 bridgehead atoms. The number of carbonyl (C=O) groups excluding carboxylic acids is 3. The topological polar surface area (TPSA) is 100 Å². The van der Waals surface area contributed by atoms with Crippen molar-refractivity contribution in [2.45, 2.75) is 0 Å². The summed E-state index contributed by atoms with van der Waals surface area (Å²) in [5.74, 6) is -0.866. The van der Waals surface area contributed by atoms with Crippen LogP contribution < -0.4 is 20.5 Å². The van der Waals surface area contributed by atoms with Crippen LogP contribution in [0.2, 0.25) is 5.02 Å². The zero-order valence-electron chi connectivity index (χ0n) is 18.4. The first kappa shape index (κ1) is 24.5. The van der Waals surface area contributed by atoms with Gasteiger partial charge in [-0.1, -0.05) is 47.6 Å². The average molecular weight is 527 g/mol. The Morgan fingerprint density at radius 1 is 1.14 bits per heavy atom. The number of amidine groups is 1. The van der Waals surface area contributed by atoms with Gasteiger partial charge in [-0.05, 0) is 47.9 Å². The number of nitrogens with zero attached hydrogens (tertiary/aromatic N) is 2. The third kappa shape index (κ3) is 5.91. The number of benzene rings is 2. The van der Waals surface area contributed by atoms with E-state index in [1.807, 2.05) is 17.5 Å². The van der Waals surface area contributed by atoms with Crippen molar-refractivity contribution in [3.05, 3.63) is 87.2 Å². The molecule has 178 valence electrons. The summed E-state index contributed by atoms with van der Waals surface area (Å²) in [5.41, 5.74) is 5.88. The number of ether oxygens (including phenoxy) is 1. The van der Waals surface area contributed by atoms with E-state index in [0.717, 1.165) is 16.6 Å². The molecule has 3 aromatic rings. The zero-order valence-corrected chi connectivity index (χ0v) is 20.7. The highest BCUT2D eigenvalue weighted by molar-refractivity contribution is 8.14. The van der Waals surface area contributed by atoms with Gasteiger partial charge in [0.2, 0.25) is 5.91 Å². The number of thioether (sulfide) groups is 1. The number of amides is 3. The number of methoxy groups -OCH3 is 1. The maximum atomic E-state index is 13.2. The molecule has 0 saturated heterocycles. The fourth-order valence-corrected chi connectivity index (χ4v) is 4.79. The summed E-state index contributed by atoms with van der Waals surface area (Å²) in [4.78, 5) is 44.5. The molecule has 0 aliphatic carbocycles. The monoisotopic (exact) mass is 526 g/mol. The van der Waals surface area contributed by atoms with Gasteiger partial charge in [-0.3, -0.25) is 30.1 Å². The first-order valence-corrected chi connectivity index (χ1v) is 12.5. The first-order valence-electron chi connectivity index (χ1n) is 10.2. The minimum atomic E-state index is -0.460. The van der Waals surface area contributed by atoms with Crippen LogP contribution in [-0.4, -0.2) is 35.8 Å². The normalized spacial score (nSPS) is 14.1. The van der Waals surface area contributed by atoms with Gasteiger partial charge in [0.15, 0.2) is 5.17 Å². The number of thiophene rings is 1. The van der Waals surface area contributed by atoms with Gasteiger partial charge in [0.25, 0.3) is 11.8 Å². The number of hydrogen-bond donors (Lipinski definition) is 2. The maximum absolute atomic E-state index is 13.2. The van der Waals surface area contributed by atoms with Gasteiger partial charge < -0.3 is 4.74 Å². The largest absolute Gasteiger partial charge is 0.495 e. The van der Waals surface area contributed by atoms with Crippen molar-refractivity contribution in [2.75, 3.05) is 17.8 Å². The molecular formula is C24H19ClN4O4S2. The van der Waals surface area contributed by atoms with Crippen molar-refractivity contribution < 1.29 is 19.1 Å². The van der Waals surface area contributed by atoms with Gasteiger partial charge >= 0.3 is 0 Å². The quantitative estimate of drug-likeness (QED) is 0.367. The van der Waals surface area contributed by atoms with Crippen molar-refractivity contribution in [1.82, 2.24) is 10.9 Å². The summed E-state index contributed by atoms with van der Waals surface area (Å²) in [6.07, 6.45) is 1.69. The van der Waals surface area contributed by atoms with Gasteiger partial charge in [0.1, 0.15) is 11.4 Å². The summed E-state index contributed by atoms with van der Waals surface area (Å²) in [5, 5.41) is 2.54. The average Bonchev–Trinajstić information content (AvgIpc) is 3.49. The fraction of sp³-hybridized carbons (Fsp3) is 0.0833. The third-order valence-electron chi connectivity index (χ3n) is 4.73. The Kier molecular flexibility index (Phi) is 7.86. The Morgan fingerprint density at radius 2 is 1.94 bits per heavy atom. The maximum Gasteiger partial charge on any atom is 0.283 e. The number of nitrogens with one attached hydrogen (secondary N) is 2. The van der Waals surface area contributed by atoms with Crippen LogP contribution in [0.15, 0.2) is 76.7 Å². The minimum absolute atomic E-state index is 0.0894. The molecule has 4 rings (SSSR count). The van der Waals surface area contributed by atoms with Crippen LogP contribution >= 0.6 is 34.7 Å². The molecule has 0 atom stereocenters. The highest BCUT2D eigenvalue weighted by Gasteiger charge is 2.33. The predicted molar refractivity (Wildman–Crippen MR) is 140 cm³/mol. The van der Waals surface area contributed by atoms with Crippen LogP contribution in [0.4, 0.5) is 5.69 Å². The molecule has 8 nitrogen and oxygen atoms in total. The van der Waals surface area contributed by atoms with E-state index in [1.54, 1.807) is 54.6 Å². The summed E-state index contributed by atoms with van der Waals surface area (Å²) in [6.45, 7) is 0. The van der Waals surface area contributed by atoms with E-state index in [0.29, 0.717) is 27.2 Å². The molecule has 1 aromatic heterocycles. The van der Waals surface area contributed by atoms with E-state index in [-0.39, 0.29) is 17.4 Å². The molecule has 0 unspecified atom stereocenters. The highest BCUT2D eigenvalue weighted by Crippen LogP contribution is 2.34. The number of halogens is 1. The van der Waals surface area contributed by atoms with Crippen LogP contribution in [0.3, 0.4) is 0 Å². The standard InChI is InChI=1S/C24H19ClN4O4S2/c1-33-20-10-9-16(12-18(20)25)29-23(32)19(13-17-8-5-11-34-17)26-24(29)35-14-21(30)27-28-22(31)15-6-3-2-4-7-15/h2-13H,14H2,1H3,(H,27,30)(H,28,31).